The number of benzene rings is 2. The minimum Gasteiger partial charge on any atom is -0.493 e. The molecule has 54 heavy (non-hydrogen) atoms. The Balaban J connectivity index is 2.32. The summed E-state index contributed by atoms with van der Waals surface area (Å²) in [6, 6.07) is 0.637. The number of aryl methyl sites for hydroxylation is 1. The van der Waals surface area contributed by atoms with Gasteiger partial charge in [-0.2, -0.15) is 0 Å². The lowest BCUT2D eigenvalue weighted by Gasteiger charge is -2.43. The molecule has 0 aliphatic carbocycles. The topological polar surface area (TPSA) is 146 Å². The van der Waals surface area contributed by atoms with E-state index in [0.717, 1.165) is 24.8 Å². The molecule has 1 aliphatic rings. The summed E-state index contributed by atoms with van der Waals surface area (Å²) in [6.45, 7) is 17.0. The summed E-state index contributed by atoms with van der Waals surface area (Å²) in [5.41, 5.74) is 2.28. The summed E-state index contributed by atoms with van der Waals surface area (Å²) in [7, 11) is 6.03. The van der Waals surface area contributed by atoms with Gasteiger partial charge in [-0.3, -0.25) is 9.69 Å². The second kappa shape index (κ2) is 19.9. The highest BCUT2D eigenvalue weighted by atomic mass is 16.6. The molecule has 0 fully saturated rings. The normalized spacial score (nSPS) is 15.9. The van der Waals surface area contributed by atoms with Gasteiger partial charge in [0.2, 0.25) is 5.91 Å². The van der Waals surface area contributed by atoms with Crippen LogP contribution in [0.25, 0.3) is 0 Å². The zero-order valence-corrected chi connectivity index (χ0v) is 34.1. The third kappa shape index (κ3) is 9.91. The van der Waals surface area contributed by atoms with Crippen LogP contribution >= 0.6 is 0 Å². The van der Waals surface area contributed by atoms with Gasteiger partial charge in [0.1, 0.15) is 30.1 Å². The van der Waals surface area contributed by atoms with E-state index in [-0.39, 0.29) is 31.9 Å². The molecule has 1 aliphatic heterocycles. The fourth-order valence-corrected chi connectivity index (χ4v) is 6.65. The maximum atomic E-state index is 15.2. The first-order valence-electron chi connectivity index (χ1n) is 18.7. The Morgan fingerprint density at radius 1 is 0.963 bits per heavy atom. The molecule has 1 heterocycles. The van der Waals surface area contributed by atoms with Crippen molar-refractivity contribution < 1.29 is 53.0 Å². The Kier molecular flexibility index (Phi) is 16.3. The van der Waals surface area contributed by atoms with Crippen LogP contribution in [-0.4, -0.2) is 98.4 Å². The summed E-state index contributed by atoms with van der Waals surface area (Å²) in [6.07, 6.45) is 1.71. The molecule has 0 radical (unpaired) electrons. The Morgan fingerprint density at radius 3 is 2.15 bits per heavy atom. The number of ether oxygens (including phenoxy) is 7. The van der Waals surface area contributed by atoms with Gasteiger partial charge in [0.05, 0.1) is 46.7 Å². The fourth-order valence-electron chi connectivity index (χ4n) is 6.65. The summed E-state index contributed by atoms with van der Waals surface area (Å²) >= 11 is 0. The van der Waals surface area contributed by atoms with E-state index in [0.29, 0.717) is 63.8 Å². The van der Waals surface area contributed by atoms with Crippen molar-refractivity contribution in [2.45, 2.75) is 111 Å². The van der Waals surface area contributed by atoms with Gasteiger partial charge >= 0.3 is 6.09 Å². The number of carbonyl (C=O) groups is 2. The predicted octanol–water partition coefficient (Wildman–Crippen LogP) is 6.73. The number of carbonyl (C=O) groups excluding carboxylic acids is 2. The monoisotopic (exact) mass is 758 g/mol. The van der Waals surface area contributed by atoms with Gasteiger partial charge in [-0.1, -0.05) is 45.4 Å². The molecule has 2 aromatic carbocycles. The summed E-state index contributed by atoms with van der Waals surface area (Å²) in [5, 5.41) is 22.7. The van der Waals surface area contributed by atoms with Crippen LogP contribution in [0.1, 0.15) is 106 Å². The zero-order valence-electron chi connectivity index (χ0n) is 34.1. The number of likely N-dealkylation sites (N-methyl/N-ethyl adjacent to an activating group) is 1. The molecule has 0 saturated carbocycles. The van der Waals surface area contributed by atoms with Gasteiger partial charge in [-0.25, -0.2) is 4.79 Å². The van der Waals surface area contributed by atoms with Crippen molar-refractivity contribution in [2.75, 3.05) is 54.7 Å². The maximum absolute atomic E-state index is 15.2. The molecule has 0 bridgehead atoms. The van der Waals surface area contributed by atoms with Crippen molar-refractivity contribution in [3.05, 3.63) is 52.1 Å². The third-order valence-corrected chi connectivity index (χ3v) is 9.28. The van der Waals surface area contributed by atoms with Crippen molar-refractivity contribution in [3.8, 4) is 28.7 Å². The molecule has 2 amide bonds. The van der Waals surface area contributed by atoms with Gasteiger partial charge in [0, 0.05) is 36.8 Å². The van der Waals surface area contributed by atoms with Crippen LogP contribution in [0, 0.1) is 13.8 Å². The largest absolute Gasteiger partial charge is 0.493 e. The van der Waals surface area contributed by atoms with Crippen LogP contribution < -0.4 is 23.7 Å². The van der Waals surface area contributed by atoms with E-state index in [4.69, 9.17) is 33.2 Å². The number of fused-ring (bicyclic) bond motifs is 1. The quantitative estimate of drug-likeness (QED) is 0.116. The lowest BCUT2D eigenvalue weighted by molar-refractivity contribution is -0.159. The maximum Gasteiger partial charge on any atom is 0.410 e. The average Bonchev–Trinajstić information content (AvgIpc) is 3.12. The highest BCUT2D eigenvalue weighted by Crippen LogP contribution is 2.52. The number of nitrogens with zero attached hydrogens (tertiary/aromatic N) is 2. The molecular formula is C41H62N2O11. The minimum atomic E-state index is -1.24. The van der Waals surface area contributed by atoms with Gasteiger partial charge in [0.25, 0.3) is 0 Å². The fraction of sp³-hybridized carbons (Fsp3) is 0.610. The first kappa shape index (κ1) is 44.2. The van der Waals surface area contributed by atoms with E-state index in [1.54, 1.807) is 33.8 Å². The van der Waals surface area contributed by atoms with Crippen LogP contribution in [0.15, 0.2) is 18.7 Å². The van der Waals surface area contributed by atoms with E-state index in [9.17, 15) is 15.0 Å². The van der Waals surface area contributed by atoms with E-state index in [1.165, 1.54) is 38.2 Å². The number of aliphatic hydroxyl groups is 2. The Bertz CT molecular complexity index is 1600. The molecule has 3 atom stereocenters. The smallest absolute Gasteiger partial charge is 0.410 e. The minimum absolute atomic E-state index is 0.0391. The summed E-state index contributed by atoms with van der Waals surface area (Å²) < 4.78 is 42.1. The lowest BCUT2D eigenvalue weighted by atomic mass is 9.89. The van der Waals surface area contributed by atoms with E-state index in [1.807, 2.05) is 19.9 Å². The van der Waals surface area contributed by atoms with Crippen molar-refractivity contribution in [3.63, 3.8) is 0 Å². The number of hydrogen-bond acceptors (Lipinski definition) is 11. The Hall–Kier alpha value is -4.20. The first-order chi connectivity index (χ1) is 25.6. The lowest BCUT2D eigenvalue weighted by Crippen LogP contribution is -2.54. The molecule has 0 aromatic heterocycles. The Morgan fingerprint density at radius 2 is 1.59 bits per heavy atom. The SMILES string of the molecule is C=CCOc1c(C)c(OC)c(OC)c2c1C(O)CN(C(=O)[C@@H](Cc1cc(C)c(OC)c(OCCCC)c1CO)N(C)C(=O)OC(C)(C)C)[C@H]2OCCCC. The average molecular weight is 759 g/mol. The standard InChI is InChI=1S/C41H62N2O11/c1-13-16-19-52-36-28(24-44)27(21-25(4)33(36)48-10)22-29(42(9)40(47)54-41(6,7)8)38(46)43-23-30(45)31-32(39(43)53-20-17-14-2)37(50-12)35(49-11)26(5)34(31)51-18-15-3/h15,21,29-30,39,44-45H,3,13-14,16-20,22-24H2,1-2,4-12H3/t29-,30?,39+/m1/s1. The molecule has 2 aromatic rings. The molecule has 1 unspecified atom stereocenters. The second-order valence-corrected chi connectivity index (χ2v) is 14.4. The van der Waals surface area contributed by atoms with Crippen LogP contribution in [0.4, 0.5) is 4.79 Å². The number of amides is 2. The zero-order chi connectivity index (χ0) is 40.3. The van der Waals surface area contributed by atoms with Crippen molar-refractivity contribution in [1.29, 1.82) is 0 Å². The number of β-amino-alcohol motifs (C(OH)–C–C–N with tert-alkyl or cyclic N) is 1. The molecule has 302 valence electrons. The highest BCUT2D eigenvalue weighted by Gasteiger charge is 2.46. The molecule has 2 N–H and O–H groups in total. The summed E-state index contributed by atoms with van der Waals surface area (Å²) in [4.78, 5) is 31.7. The first-order valence-corrected chi connectivity index (χ1v) is 18.7. The van der Waals surface area contributed by atoms with E-state index in [2.05, 4.69) is 13.5 Å². The van der Waals surface area contributed by atoms with Gasteiger partial charge in [-0.05, 0) is 58.6 Å². The van der Waals surface area contributed by atoms with E-state index >= 15 is 4.79 Å². The van der Waals surface area contributed by atoms with Crippen LogP contribution in [0.5, 0.6) is 28.7 Å². The van der Waals surface area contributed by atoms with Gasteiger partial charge < -0.3 is 48.3 Å². The molecular weight excluding hydrogens is 696 g/mol. The molecule has 13 nitrogen and oxygen atoms in total. The Labute approximate surface area is 321 Å². The number of aliphatic hydroxyl groups excluding tert-OH is 2. The van der Waals surface area contributed by atoms with E-state index < -0.39 is 42.6 Å². The number of methoxy groups -OCH3 is 3. The van der Waals surface area contributed by atoms with Crippen LogP contribution in [0.2, 0.25) is 0 Å². The number of rotatable bonds is 19. The predicted molar refractivity (Wildman–Crippen MR) is 206 cm³/mol. The van der Waals surface area contributed by atoms with Gasteiger partial charge in [0.15, 0.2) is 29.2 Å². The van der Waals surface area contributed by atoms with Gasteiger partial charge in [-0.15, -0.1) is 0 Å². The van der Waals surface area contributed by atoms with Crippen molar-refractivity contribution in [1.82, 2.24) is 9.80 Å². The van der Waals surface area contributed by atoms with Crippen molar-refractivity contribution in [2.24, 2.45) is 0 Å². The molecule has 0 saturated heterocycles. The number of hydrogen-bond donors (Lipinski definition) is 2. The second-order valence-electron chi connectivity index (χ2n) is 14.4. The third-order valence-electron chi connectivity index (χ3n) is 9.28. The molecule has 3 rings (SSSR count). The highest BCUT2D eigenvalue weighted by molar-refractivity contribution is 5.87. The molecule has 13 heteroatoms. The van der Waals surface area contributed by atoms with Crippen LogP contribution in [-0.2, 0) is 27.3 Å². The van der Waals surface area contributed by atoms with Crippen molar-refractivity contribution >= 4 is 12.0 Å². The summed E-state index contributed by atoms with van der Waals surface area (Å²) in [5.74, 6) is 1.36. The molecule has 0 spiro atoms. The van der Waals surface area contributed by atoms with Crippen LogP contribution in [0.3, 0.4) is 0 Å². The number of unbranched alkanes of at least 4 members (excludes halogenated alkanes) is 2.